The first-order valence-corrected chi connectivity index (χ1v) is 7.01. The Bertz CT molecular complexity index is 336. The summed E-state index contributed by atoms with van der Waals surface area (Å²) in [6, 6.07) is 3.05. The van der Waals surface area contributed by atoms with Gasteiger partial charge >= 0.3 is 0 Å². The number of hydrogen-bond acceptors (Lipinski definition) is 1. The van der Waals surface area contributed by atoms with E-state index in [-0.39, 0.29) is 0 Å². The average Bonchev–Trinajstić information content (AvgIpc) is 2.96. The standard InChI is InChI=1S/C15H26N2/c1-12(2)8-13(3)10-17-7-6-14(11-17)9-16-15-4-5-15/h6-7,11-13,15-16H,4-5,8-10H2,1-3H3. The summed E-state index contributed by atoms with van der Waals surface area (Å²) in [6.07, 6.45) is 8.57. The van der Waals surface area contributed by atoms with E-state index in [1.165, 1.54) is 24.8 Å². The van der Waals surface area contributed by atoms with Gasteiger partial charge in [-0.2, -0.15) is 0 Å². The molecule has 0 radical (unpaired) electrons. The van der Waals surface area contributed by atoms with Gasteiger partial charge in [0, 0.05) is 31.5 Å². The molecule has 1 fully saturated rings. The van der Waals surface area contributed by atoms with Crippen molar-refractivity contribution in [2.45, 2.75) is 59.2 Å². The molecule has 1 aromatic rings. The van der Waals surface area contributed by atoms with E-state index in [0.717, 1.165) is 31.0 Å². The topological polar surface area (TPSA) is 17.0 Å². The van der Waals surface area contributed by atoms with Crippen molar-refractivity contribution in [1.82, 2.24) is 9.88 Å². The van der Waals surface area contributed by atoms with E-state index >= 15 is 0 Å². The highest BCUT2D eigenvalue weighted by atomic mass is 15.0. The molecule has 1 aliphatic carbocycles. The Morgan fingerprint density at radius 1 is 1.35 bits per heavy atom. The van der Waals surface area contributed by atoms with Crippen molar-refractivity contribution in [2.75, 3.05) is 0 Å². The number of hydrogen-bond donors (Lipinski definition) is 1. The summed E-state index contributed by atoms with van der Waals surface area (Å²) in [7, 11) is 0. The summed E-state index contributed by atoms with van der Waals surface area (Å²) >= 11 is 0. The largest absolute Gasteiger partial charge is 0.354 e. The van der Waals surface area contributed by atoms with Crippen LogP contribution in [0.4, 0.5) is 0 Å². The Morgan fingerprint density at radius 2 is 2.12 bits per heavy atom. The second-order valence-corrected chi connectivity index (χ2v) is 6.11. The van der Waals surface area contributed by atoms with Gasteiger partial charge in [-0.05, 0) is 42.7 Å². The van der Waals surface area contributed by atoms with Crippen LogP contribution in [-0.2, 0) is 13.1 Å². The maximum Gasteiger partial charge on any atom is 0.0245 e. The van der Waals surface area contributed by atoms with Crippen molar-refractivity contribution in [3.8, 4) is 0 Å². The number of nitrogens with one attached hydrogen (secondary N) is 1. The number of nitrogens with zero attached hydrogens (tertiary/aromatic N) is 1. The van der Waals surface area contributed by atoms with Crippen molar-refractivity contribution in [1.29, 1.82) is 0 Å². The molecule has 1 N–H and O–H groups in total. The molecular formula is C15H26N2. The van der Waals surface area contributed by atoms with Gasteiger partial charge in [0.2, 0.25) is 0 Å². The Labute approximate surface area is 105 Å². The molecule has 0 bridgehead atoms. The molecule has 96 valence electrons. The summed E-state index contributed by atoms with van der Waals surface area (Å²) in [5.41, 5.74) is 1.42. The molecule has 1 atom stereocenters. The molecule has 2 nitrogen and oxygen atoms in total. The highest BCUT2D eigenvalue weighted by Crippen LogP contribution is 2.19. The van der Waals surface area contributed by atoms with E-state index in [9.17, 15) is 0 Å². The van der Waals surface area contributed by atoms with Gasteiger partial charge in [0.05, 0.1) is 0 Å². The molecule has 1 aromatic heterocycles. The molecule has 0 saturated heterocycles. The second kappa shape index (κ2) is 5.72. The average molecular weight is 234 g/mol. The molecule has 0 aliphatic heterocycles. The molecular weight excluding hydrogens is 208 g/mol. The molecule has 0 spiro atoms. The number of rotatable bonds is 7. The highest BCUT2D eigenvalue weighted by Gasteiger charge is 2.20. The molecule has 0 aromatic carbocycles. The van der Waals surface area contributed by atoms with Crippen molar-refractivity contribution in [2.24, 2.45) is 11.8 Å². The van der Waals surface area contributed by atoms with Crippen LogP contribution in [0, 0.1) is 11.8 Å². The molecule has 2 rings (SSSR count). The molecule has 1 aliphatic rings. The van der Waals surface area contributed by atoms with Gasteiger partial charge in [-0.25, -0.2) is 0 Å². The summed E-state index contributed by atoms with van der Waals surface area (Å²) in [5.74, 6) is 1.57. The Hall–Kier alpha value is -0.760. The van der Waals surface area contributed by atoms with Crippen LogP contribution in [0.25, 0.3) is 0 Å². The quantitative estimate of drug-likeness (QED) is 0.765. The van der Waals surface area contributed by atoms with Gasteiger partial charge < -0.3 is 9.88 Å². The summed E-state index contributed by atoms with van der Waals surface area (Å²) in [5, 5.41) is 3.56. The molecule has 2 heteroatoms. The Kier molecular flexibility index (Phi) is 4.27. The minimum atomic E-state index is 0.770. The van der Waals surface area contributed by atoms with Gasteiger partial charge in [-0.3, -0.25) is 0 Å². The van der Waals surface area contributed by atoms with E-state index in [0.29, 0.717) is 0 Å². The van der Waals surface area contributed by atoms with E-state index in [1.54, 1.807) is 0 Å². The van der Waals surface area contributed by atoms with Crippen LogP contribution in [0.15, 0.2) is 18.5 Å². The highest BCUT2D eigenvalue weighted by molar-refractivity contribution is 5.10. The molecule has 1 saturated carbocycles. The predicted octanol–water partition coefficient (Wildman–Crippen LogP) is 3.42. The summed E-state index contributed by atoms with van der Waals surface area (Å²) < 4.78 is 2.34. The van der Waals surface area contributed by atoms with E-state index in [2.05, 4.69) is 49.1 Å². The summed E-state index contributed by atoms with van der Waals surface area (Å²) in [6.45, 7) is 9.15. The van der Waals surface area contributed by atoms with Crippen LogP contribution in [0.1, 0.15) is 45.6 Å². The lowest BCUT2D eigenvalue weighted by molar-refractivity contribution is 0.390. The fourth-order valence-corrected chi connectivity index (χ4v) is 2.50. The van der Waals surface area contributed by atoms with Crippen LogP contribution in [0.5, 0.6) is 0 Å². The third-order valence-corrected chi connectivity index (χ3v) is 3.38. The first-order valence-electron chi connectivity index (χ1n) is 7.01. The Balaban J connectivity index is 1.76. The zero-order chi connectivity index (χ0) is 12.3. The van der Waals surface area contributed by atoms with Crippen LogP contribution >= 0.6 is 0 Å². The van der Waals surface area contributed by atoms with Gasteiger partial charge in [-0.15, -0.1) is 0 Å². The van der Waals surface area contributed by atoms with E-state index < -0.39 is 0 Å². The van der Waals surface area contributed by atoms with Crippen molar-refractivity contribution >= 4 is 0 Å². The minimum Gasteiger partial charge on any atom is -0.354 e. The second-order valence-electron chi connectivity index (χ2n) is 6.11. The maximum atomic E-state index is 3.56. The third kappa shape index (κ3) is 4.55. The van der Waals surface area contributed by atoms with Crippen LogP contribution < -0.4 is 5.32 Å². The van der Waals surface area contributed by atoms with Crippen molar-refractivity contribution in [3.63, 3.8) is 0 Å². The van der Waals surface area contributed by atoms with E-state index in [4.69, 9.17) is 0 Å². The van der Waals surface area contributed by atoms with Gasteiger partial charge in [0.1, 0.15) is 0 Å². The smallest absolute Gasteiger partial charge is 0.0245 e. The maximum absolute atomic E-state index is 3.56. The lowest BCUT2D eigenvalue weighted by atomic mass is 9.99. The molecule has 1 unspecified atom stereocenters. The fraction of sp³-hybridized carbons (Fsp3) is 0.733. The predicted molar refractivity (Wildman–Crippen MR) is 72.9 cm³/mol. The lowest BCUT2D eigenvalue weighted by Crippen LogP contribution is -2.15. The first kappa shape index (κ1) is 12.7. The van der Waals surface area contributed by atoms with E-state index in [1.807, 2.05) is 0 Å². The number of aromatic nitrogens is 1. The SMILES string of the molecule is CC(C)CC(C)Cn1ccc(CNC2CC2)c1. The minimum absolute atomic E-state index is 0.770. The summed E-state index contributed by atoms with van der Waals surface area (Å²) in [4.78, 5) is 0. The third-order valence-electron chi connectivity index (χ3n) is 3.38. The normalized spacial score (nSPS) is 17.6. The lowest BCUT2D eigenvalue weighted by Gasteiger charge is -2.14. The molecule has 17 heavy (non-hydrogen) atoms. The zero-order valence-corrected chi connectivity index (χ0v) is 11.4. The van der Waals surface area contributed by atoms with Crippen molar-refractivity contribution in [3.05, 3.63) is 24.0 Å². The zero-order valence-electron chi connectivity index (χ0n) is 11.4. The molecule has 1 heterocycles. The Morgan fingerprint density at radius 3 is 2.76 bits per heavy atom. The van der Waals surface area contributed by atoms with Gasteiger partial charge in [-0.1, -0.05) is 20.8 Å². The van der Waals surface area contributed by atoms with Crippen LogP contribution in [-0.4, -0.2) is 10.6 Å². The first-order chi connectivity index (χ1) is 8.13. The molecule has 0 amide bonds. The van der Waals surface area contributed by atoms with Crippen LogP contribution in [0.3, 0.4) is 0 Å². The van der Waals surface area contributed by atoms with Crippen molar-refractivity contribution < 1.29 is 0 Å². The van der Waals surface area contributed by atoms with Crippen LogP contribution in [0.2, 0.25) is 0 Å². The van der Waals surface area contributed by atoms with Gasteiger partial charge in [0.25, 0.3) is 0 Å². The fourth-order valence-electron chi connectivity index (χ4n) is 2.50. The monoisotopic (exact) mass is 234 g/mol. The van der Waals surface area contributed by atoms with Gasteiger partial charge in [0.15, 0.2) is 0 Å².